The molecule has 0 bridgehead atoms. The molecule has 0 aliphatic carbocycles. The van der Waals surface area contributed by atoms with Gasteiger partial charge >= 0.3 is 0 Å². The summed E-state index contributed by atoms with van der Waals surface area (Å²) in [5.74, 6) is -1.03. The lowest BCUT2D eigenvalue weighted by atomic mass is 10.0. The SMILES string of the molecule is CC(C)CC(NS(=O)(=O)c1cccc(F)c1)C(=O)N1CCC(S(C)(=O)=O)CC1. The fourth-order valence-corrected chi connectivity index (χ4v) is 5.59. The number of likely N-dealkylation sites (tertiary alicyclic amines) is 1. The van der Waals surface area contributed by atoms with E-state index in [1.807, 2.05) is 13.8 Å². The Bertz CT molecular complexity index is 908. The molecule has 1 fully saturated rings. The average molecular weight is 435 g/mol. The van der Waals surface area contributed by atoms with Gasteiger partial charge in [0.05, 0.1) is 10.1 Å². The first-order valence-corrected chi connectivity index (χ1v) is 12.6. The number of nitrogens with one attached hydrogen (secondary N) is 1. The molecule has 1 atom stereocenters. The maximum Gasteiger partial charge on any atom is 0.241 e. The minimum absolute atomic E-state index is 0.0396. The summed E-state index contributed by atoms with van der Waals surface area (Å²) in [4.78, 5) is 14.2. The van der Waals surface area contributed by atoms with E-state index in [0.29, 0.717) is 12.8 Å². The second kappa shape index (κ2) is 8.87. The molecule has 7 nitrogen and oxygen atoms in total. The Balaban J connectivity index is 2.16. The molecule has 1 aliphatic heterocycles. The Morgan fingerprint density at radius 2 is 1.82 bits per heavy atom. The van der Waals surface area contributed by atoms with Crippen molar-refractivity contribution in [2.24, 2.45) is 5.92 Å². The van der Waals surface area contributed by atoms with Crippen LogP contribution in [-0.4, -0.2) is 58.3 Å². The third kappa shape index (κ3) is 5.99. The molecule has 1 aromatic rings. The van der Waals surface area contributed by atoms with E-state index in [2.05, 4.69) is 4.72 Å². The van der Waals surface area contributed by atoms with Crippen molar-refractivity contribution >= 4 is 25.8 Å². The van der Waals surface area contributed by atoms with Gasteiger partial charge in [0.25, 0.3) is 0 Å². The number of sulfonamides is 1. The summed E-state index contributed by atoms with van der Waals surface area (Å²) in [6.45, 7) is 4.25. The second-order valence-corrected chi connectivity index (χ2v) is 11.7. The molecule has 0 radical (unpaired) electrons. The number of amides is 1. The normalized spacial score (nSPS) is 17.7. The number of carbonyl (C=O) groups is 1. The van der Waals surface area contributed by atoms with Crippen LogP contribution in [0.1, 0.15) is 33.1 Å². The zero-order valence-electron chi connectivity index (χ0n) is 16.3. The van der Waals surface area contributed by atoms with Crippen molar-refractivity contribution in [3.05, 3.63) is 30.1 Å². The highest BCUT2D eigenvalue weighted by Crippen LogP contribution is 2.20. The molecule has 0 spiro atoms. The van der Waals surface area contributed by atoms with Gasteiger partial charge in [-0.15, -0.1) is 0 Å². The lowest BCUT2D eigenvalue weighted by molar-refractivity contribution is -0.134. The first-order valence-electron chi connectivity index (χ1n) is 9.15. The lowest BCUT2D eigenvalue weighted by Crippen LogP contribution is -2.52. The van der Waals surface area contributed by atoms with Crippen LogP contribution < -0.4 is 4.72 Å². The fraction of sp³-hybridized carbons (Fsp3) is 0.611. The van der Waals surface area contributed by atoms with Crippen molar-refractivity contribution < 1.29 is 26.0 Å². The highest BCUT2D eigenvalue weighted by molar-refractivity contribution is 7.91. The van der Waals surface area contributed by atoms with Crippen molar-refractivity contribution in [3.8, 4) is 0 Å². The lowest BCUT2D eigenvalue weighted by Gasteiger charge is -2.34. The quantitative estimate of drug-likeness (QED) is 0.702. The van der Waals surface area contributed by atoms with E-state index >= 15 is 0 Å². The fourth-order valence-electron chi connectivity index (χ4n) is 3.28. The van der Waals surface area contributed by atoms with Crippen LogP contribution in [0.25, 0.3) is 0 Å². The third-order valence-electron chi connectivity index (χ3n) is 4.77. The third-order valence-corrected chi connectivity index (χ3v) is 7.92. The number of halogens is 1. The van der Waals surface area contributed by atoms with Crippen LogP contribution in [0.5, 0.6) is 0 Å². The smallest absolute Gasteiger partial charge is 0.241 e. The number of piperidine rings is 1. The molecule has 1 heterocycles. The predicted octanol–water partition coefficient (Wildman–Crippen LogP) is 1.55. The molecule has 1 aliphatic rings. The summed E-state index contributed by atoms with van der Waals surface area (Å²) in [6.07, 6.45) is 2.12. The molecular weight excluding hydrogens is 407 g/mol. The van der Waals surface area contributed by atoms with E-state index in [0.717, 1.165) is 12.1 Å². The molecule has 158 valence electrons. The van der Waals surface area contributed by atoms with Crippen LogP contribution >= 0.6 is 0 Å². The van der Waals surface area contributed by atoms with Gasteiger partial charge in [-0.05, 0) is 43.4 Å². The van der Waals surface area contributed by atoms with Crippen molar-refractivity contribution in [1.29, 1.82) is 0 Å². The predicted molar refractivity (Wildman–Crippen MR) is 104 cm³/mol. The summed E-state index contributed by atoms with van der Waals surface area (Å²) in [7, 11) is -7.25. The van der Waals surface area contributed by atoms with Gasteiger partial charge in [-0.2, -0.15) is 4.72 Å². The van der Waals surface area contributed by atoms with Gasteiger partial charge < -0.3 is 4.90 Å². The Labute approximate surface area is 166 Å². The summed E-state index contributed by atoms with van der Waals surface area (Å²) in [6, 6.07) is 3.60. The van der Waals surface area contributed by atoms with Gasteiger partial charge in [0, 0.05) is 19.3 Å². The monoisotopic (exact) mass is 434 g/mol. The van der Waals surface area contributed by atoms with Crippen molar-refractivity contribution in [3.63, 3.8) is 0 Å². The van der Waals surface area contributed by atoms with Crippen LogP contribution in [0.3, 0.4) is 0 Å². The number of benzene rings is 1. The van der Waals surface area contributed by atoms with E-state index in [4.69, 9.17) is 0 Å². The molecule has 1 amide bonds. The molecule has 2 rings (SSSR count). The highest BCUT2D eigenvalue weighted by Gasteiger charge is 2.34. The van der Waals surface area contributed by atoms with Crippen molar-refractivity contribution in [1.82, 2.24) is 9.62 Å². The Kier molecular flexibility index (Phi) is 7.22. The van der Waals surface area contributed by atoms with Gasteiger partial charge in [-0.25, -0.2) is 21.2 Å². The largest absolute Gasteiger partial charge is 0.341 e. The molecule has 28 heavy (non-hydrogen) atoms. The van der Waals surface area contributed by atoms with E-state index in [1.165, 1.54) is 23.3 Å². The summed E-state index contributed by atoms with van der Waals surface area (Å²) in [5.41, 5.74) is 0. The van der Waals surface area contributed by atoms with Crippen molar-refractivity contribution in [2.75, 3.05) is 19.3 Å². The Morgan fingerprint density at radius 1 is 1.21 bits per heavy atom. The number of sulfone groups is 1. The van der Waals surface area contributed by atoms with E-state index < -0.39 is 37.0 Å². The van der Waals surface area contributed by atoms with E-state index in [1.54, 1.807) is 0 Å². The van der Waals surface area contributed by atoms with Crippen LogP contribution in [0.2, 0.25) is 0 Å². The average Bonchev–Trinajstić information content (AvgIpc) is 2.59. The standard InChI is InChI=1S/C18H27FN2O5S2/c1-13(2)11-17(20-28(25,26)16-6-4-5-14(19)12-16)18(22)21-9-7-15(8-10-21)27(3,23)24/h4-6,12-13,15,17,20H,7-11H2,1-3H3. The maximum atomic E-state index is 13.4. The Hall–Kier alpha value is -1.52. The van der Waals surface area contributed by atoms with Crippen LogP contribution in [-0.2, 0) is 24.7 Å². The number of carbonyl (C=O) groups excluding carboxylic acids is 1. The van der Waals surface area contributed by atoms with E-state index in [9.17, 15) is 26.0 Å². The number of hydrogen-bond donors (Lipinski definition) is 1. The molecule has 10 heteroatoms. The van der Waals surface area contributed by atoms with Gasteiger partial charge in [0.15, 0.2) is 0 Å². The molecule has 1 saturated heterocycles. The first-order chi connectivity index (χ1) is 12.9. The Morgan fingerprint density at radius 3 is 2.32 bits per heavy atom. The topological polar surface area (TPSA) is 101 Å². The minimum Gasteiger partial charge on any atom is -0.341 e. The van der Waals surface area contributed by atoms with Gasteiger partial charge in [-0.1, -0.05) is 19.9 Å². The van der Waals surface area contributed by atoms with Gasteiger partial charge in [0.2, 0.25) is 15.9 Å². The number of rotatable bonds is 7. The zero-order chi connectivity index (χ0) is 21.1. The number of hydrogen-bond acceptors (Lipinski definition) is 5. The molecular formula is C18H27FN2O5S2. The molecule has 1 aromatic carbocycles. The van der Waals surface area contributed by atoms with Crippen LogP contribution in [0, 0.1) is 11.7 Å². The molecule has 1 unspecified atom stereocenters. The first kappa shape index (κ1) is 22.8. The second-order valence-electron chi connectivity index (χ2n) is 7.61. The van der Waals surface area contributed by atoms with Crippen LogP contribution in [0.15, 0.2) is 29.2 Å². The molecule has 0 saturated carbocycles. The number of nitrogens with zero attached hydrogens (tertiary/aromatic N) is 1. The highest BCUT2D eigenvalue weighted by atomic mass is 32.2. The summed E-state index contributed by atoms with van der Waals surface area (Å²) in [5, 5.41) is -0.482. The zero-order valence-corrected chi connectivity index (χ0v) is 17.9. The molecule has 0 aromatic heterocycles. The van der Waals surface area contributed by atoms with Gasteiger partial charge in [-0.3, -0.25) is 4.79 Å². The van der Waals surface area contributed by atoms with Crippen molar-refractivity contribution in [2.45, 2.75) is 49.3 Å². The summed E-state index contributed by atoms with van der Waals surface area (Å²) < 4.78 is 64.4. The maximum absolute atomic E-state index is 13.4. The summed E-state index contributed by atoms with van der Waals surface area (Å²) >= 11 is 0. The van der Waals surface area contributed by atoms with Crippen LogP contribution in [0.4, 0.5) is 4.39 Å². The van der Waals surface area contributed by atoms with E-state index in [-0.39, 0.29) is 36.2 Å². The molecule has 1 N–H and O–H groups in total. The minimum atomic E-state index is -4.08. The van der Waals surface area contributed by atoms with Gasteiger partial charge in [0.1, 0.15) is 21.7 Å².